The Bertz CT molecular complexity index is 1390. The first-order valence-corrected chi connectivity index (χ1v) is 12.2. The number of thioether (sulfide) groups is 1. The lowest BCUT2D eigenvalue weighted by atomic mass is 10.1. The molecule has 2 heterocycles. The van der Waals surface area contributed by atoms with Crippen LogP contribution >= 0.6 is 23.4 Å². The largest absolute Gasteiger partial charge is 0.490 e. The van der Waals surface area contributed by atoms with Crippen molar-refractivity contribution >= 4 is 46.6 Å². The molecule has 0 saturated carbocycles. The molecule has 8 nitrogen and oxygen atoms in total. The standard InChI is InChI=1S/C26H21ClFNO7S/c1-3-34-21-11-16(10-19(27)23(21)35-14-15-5-4-6-17(28)9-15)12-22-24(30)29(26(32)37-22)13-18-7-8-20(36-18)25(31)33-2/h4-12H,3,13-14H2,1-2H3/b22-12+. The summed E-state index contributed by atoms with van der Waals surface area (Å²) in [6.07, 6.45) is 1.53. The summed E-state index contributed by atoms with van der Waals surface area (Å²) in [5, 5.41) is -0.266. The third kappa shape index (κ3) is 6.15. The molecular weight excluding hydrogens is 525 g/mol. The molecule has 4 rings (SSSR count). The lowest BCUT2D eigenvalue weighted by Gasteiger charge is -2.15. The van der Waals surface area contributed by atoms with Crippen molar-refractivity contribution in [2.75, 3.05) is 13.7 Å². The summed E-state index contributed by atoms with van der Waals surface area (Å²) in [7, 11) is 1.22. The van der Waals surface area contributed by atoms with Gasteiger partial charge in [-0.25, -0.2) is 9.18 Å². The van der Waals surface area contributed by atoms with Gasteiger partial charge >= 0.3 is 5.97 Å². The van der Waals surface area contributed by atoms with Crippen molar-refractivity contribution in [3.05, 3.63) is 86.9 Å². The molecule has 0 N–H and O–H groups in total. The van der Waals surface area contributed by atoms with Crippen LogP contribution in [0.15, 0.2) is 57.9 Å². The van der Waals surface area contributed by atoms with Crippen LogP contribution in [-0.2, 0) is 22.7 Å². The molecule has 1 aliphatic heterocycles. The highest BCUT2D eigenvalue weighted by Gasteiger charge is 2.36. The van der Waals surface area contributed by atoms with Crippen LogP contribution in [0.25, 0.3) is 6.08 Å². The number of rotatable bonds is 9. The Labute approximate surface area is 220 Å². The SMILES string of the molecule is CCOc1cc(/C=C2/SC(=O)N(Cc3ccc(C(=O)OC)o3)C2=O)cc(Cl)c1OCc1cccc(F)c1. The summed E-state index contributed by atoms with van der Waals surface area (Å²) in [5.41, 5.74) is 1.13. The van der Waals surface area contributed by atoms with Gasteiger partial charge in [0.15, 0.2) is 11.5 Å². The molecule has 0 bridgehead atoms. The van der Waals surface area contributed by atoms with Crippen molar-refractivity contribution in [1.29, 1.82) is 0 Å². The highest BCUT2D eigenvalue weighted by atomic mass is 35.5. The molecule has 1 fully saturated rings. The topological polar surface area (TPSA) is 95.3 Å². The molecule has 0 atom stereocenters. The second-order valence-electron chi connectivity index (χ2n) is 7.71. The van der Waals surface area contributed by atoms with Crippen molar-refractivity contribution in [2.45, 2.75) is 20.1 Å². The van der Waals surface area contributed by atoms with E-state index >= 15 is 0 Å². The molecule has 2 aromatic carbocycles. The maximum Gasteiger partial charge on any atom is 0.373 e. The van der Waals surface area contributed by atoms with E-state index in [9.17, 15) is 18.8 Å². The number of carbonyl (C=O) groups is 3. The zero-order valence-corrected chi connectivity index (χ0v) is 21.4. The molecule has 0 unspecified atom stereocenters. The lowest BCUT2D eigenvalue weighted by molar-refractivity contribution is -0.123. The minimum atomic E-state index is -0.661. The number of nitrogens with zero attached hydrogens (tertiary/aromatic N) is 1. The van der Waals surface area contributed by atoms with Gasteiger partial charge in [0.05, 0.1) is 30.2 Å². The molecule has 1 aromatic heterocycles. The van der Waals surface area contributed by atoms with E-state index in [4.69, 9.17) is 25.5 Å². The van der Waals surface area contributed by atoms with Gasteiger partial charge < -0.3 is 18.6 Å². The molecule has 2 amide bonds. The molecule has 37 heavy (non-hydrogen) atoms. The third-order valence-corrected chi connectivity index (χ3v) is 6.33. The lowest BCUT2D eigenvalue weighted by Crippen LogP contribution is -2.27. The number of furan rings is 1. The molecule has 0 aliphatic carbocycles. The van der Waals surface area contributed by atoms with Crippen LogP contribution in [0, 0.1) is 5.82 Å². The van der Waals surface area contributed by atoms with Crippen LogP contribution in [0.2, 0.25) is 5.02 Å². The monoisotopic (exact) mass is 545 g/mol. The van der Waals surface area contributed by atoms with Crippen LogP contribution in [0.4, 0.5) is 9.18 Å². The van der Waals surface area contributed by atoms with Gasteiger partial charge in [0.1, 0.15) is 18.2 Å². The Hall–Kier alpha value is -3.76. The smallest absolute Gasteiger partial charge is 0.373 e. The molecule has 1 saturated heterocycles. The minimum Gasteiger partial charge on any atom is -0.490 e. The second-order valence-corrected chi connectivity index (χ2v) is 9.11. The second kappa shape index (κ2) is 11.5. The van der Waals surface area contributed by atoms with E-state index in [1.54, 1.807) is 31.2 Å². The number of amides is 2. The zero-order valence-electron chi connectivity index (χ0n) is 19.8. The maximum absolute atomic E-state index is 13.5. The van der Waals surface area contributed by atoms with Crippen LogP contribution in [0.1, 0.15) is 34.4 Å². The number of hydrogen-bond acceptors (Lipinski definition) is 8. The van der Waals surface area contributed by atoms with E-state index in [1.165, 1.54) is 37.5 Å². The fraction of sp³-hybridized carbons (Fsp3) is 0.192. The highest BCUT2D eigenvalue weighted by molar-refractivity contribution is 8.18. The van der Waals surface area contributed by atoms with Crippen LogP contribution in [0.5, 0.6) is 11.5 Å². The fourth-order valence-electron chi connectivity index (χ4n) is 3.47. The molecular formula is C26H21ClFNO7S. The Morgan fingerprint density at radius 1 is 1.16 bits per heavy atom. The number of benzene rings is 2. The Kier molecular flexibility index (Phi) is 8.20. The predicted molar refractivity (Wildman–Crippen MR) is 135 cm³/mol. The number of esters is 1. The molecule has 3 aromatic rings. The molecule has 0 spiro atoms. The van der Waals surface area contributed by atoms with Gasteiger partial charge in [-0.3, -0.25) is 14.5 Å². The van der Waals surface area contributed by atoms with Gasteiger partial charge in [0.2, 0.25) is 5.76 Å². The van der Waals surface area contributed by atoms with Gasteiger partial charge in [-0.05, 0) is 72.3 Å². The summed E-state index contributed by atoms with van der Waals surface area (Å²) in [5.74, 6) is -0.724. The van der Waals surface area contributed by atoms with Crippen LogP contribution < -0.4 is 9.47 Å². The van der Waals surface area contributed by atoms with Gasteiger partial charge in [-0.2, -0.15) is 0 Å². The number of ether oxygens (including phenoxy) is 3. The predicted octanol–water partition coefficient (Wildman–Crippen LogP) is 6.07. The van der Waals surface area contributed by atoms with Crippen molar-refractivity contribution in [1.82, 2.24) is 4.90 Å². The van der Waals surface area contributed by atoms with Crippen LogP contribution in [0.3, 0.4) is 0 Å². The minimum absolute atomic E-state index is 0.0298. The van der Waals surface area contributed by atoms with Crippen molar-refractivity contribution < 1.29 is 37.4 Å². The van der Waals surface area contributed by atoms with E-state index in [2.05, 4.69) is 4.74 Å². The summed E-state index contributed by atoms with van der Waals surface area (Å²) in [6.45, 7) is 2.04. The Morgan fingerprint density at radius 2 is 1.97 bits per heavy atom. The molecule has 192 valence electrons. The van der Waals surface area contributed by atoms with Gasteiger partial charge in [0.25, 0.3) is 11.1 Å². The molecule has 1 aliphatic rings. The first-order chi connectivity index (χ1) is 17.8. The van der Waals surface area contributed by atoms with Gasteiger partial charge in [-0.15, -0.1) is 0 Å². The summed E-state index contributed by atoms with van der Waals surface area (Å²) < 4.78 is 34.9. The summed E-state index contributed by atoms with van der Waals surface area (Å²) >= 11 is 7.23. The van der Waals surface area contributed by atoms with Gasteiger partial charge in [-0.1, -0.05) is 23.7 Å². The number of hydrogen-bond donors (Lipinski definition) is 0. The fourth-order valence-corrected chi connectivity index (χ4v) is 4.59. The Balaban J connectivity index is 1.53. The number of imide groups is 1. The van der Waals surface area contributed by atoms with E-state index in [1.807, 2.05) is 0 Å². The van der Waals surface area contributed by atoms with E-state index in [0.717, 1.165) is 16.7 Å². The normalized spacial score (nSPS) is 14.4. The zero-order chi connectivity index (χ0) is 26.5. The Morgan fingerprint density at radius 3 is 2.70 bits per heavy atom. The first kappa shape index (κ1) is 26.3. The van der Waals surface area contributed by atoms with E-state index < -0.39 is 17.1 Å². The summed E-state index contributed by atoms with van der Waals surface area (Å²) in [4.78, 5) is 38.2. The maximum atomic E-state index is 13.5. The first-order valence-electron chi connectivity index (χ1n) is 11.0. The number of carbonyl (C=O) groups excluding carboxylic acids is 3. The van der Waals surface area contributed by atoms with E-state index in [0.29, 0.717) is 23.5 Å². The quantitative estimate of drug-likeness (QED) is 0.236. The molecule has 11 heteroatoms. The molecule has 0 radical (unpaired) electrons. The van der Waals surface area contributed by atoms with E-state index in [-0.39, 0.29) is 46.2 Å². The van der Waals surface area contributed by atoms with Crippen LogP contribution in [-0.4, -0.2) is 35.7 Å². The van der Waals surface area contributed by atoms with Crippen molar-refractivity contribution in [3.63, 3.8) is 0 Å². The van der Waals surface area contributed by atoms with Crippen molar-refractivity contribution in [3.8, 4) is 11.5 Å². The highest BCUT2D eigenvalue weighted by Crippen LogP contribution is 2.40. The van der Waals surface area contributed by atoms with Gasteiger partial charge in [0, 0.05) is 0 Å². The summed E-state index contributed by atoms with van der Waals surface area (Å²) in [6, 6.07) is 12.1. The average Bonchev–Trinajstić information content (AvgIpc) is 3.44. The number of methoxy groups -OCH3 is 1. The number of halogens is 2. The van der Waals surface area contributed by atoms with Crippen molar-refractivity contribution in [2.24, 2.45) is 0 Å². The third-order valence-electron chi connectivity index (χ3n) is 5.14. The average molecular weight is 546 g/mol.